The number of hydrogen-bond acceptors (Lipinski definition) is 7. The van der Waals surface area contributed by atoms with Crippen molar-refractivity contribution in [2.24, 2.45) is 0 Å². The van der Waals surface area contributed by atoms with Crippen LogP contribution in [0.4, 0.5) is 11.4 Å². The molecule has 0 saturated carbocycles. The Hall–Kier alpha value is -4.77. The normalized spacial score (nSPS) is 10.1. The highest BCUT2D eigenvalue weighted by atomic mass is 35.5. The number of nitro benzene ring substituents is 1. The maximum absolute atomic E-state index is 12.6. The summed E-state index contributed by atoms with van der Waals surface area (Å²) in [6, 6.07) is 17.4. The van der Waals surface area contributed by atoms with Gasteiger partial charge in [-0.25, -0.2) is 4.79 Å². The SMILES string of the molecule is O=C(COC(=O)c1ccccc1NC(=O)c1ccc([N+](=O)[O-])cc1Cl)NNC(=O)c1ccccc1. The van der Waals surface area contributed by atoms with Gasteiger partial charge in [-0.2, -0.15) is 0 Å². The lowest BCUT2D eigenvalue weighted by atomic mass is 10.1. The molecule has 0 spiro atoms. The molecule has 3 rings (SSSR count). The predicted molar refractivity (Wildman–Crippen MR) is 125 cm³/mol. The van der Waals surface area contributed by atoms with E-state index in [1.165, 1.54) is 24.3 Å². The lowest BCUT2D eigenvalue weighted by Crippen LogP contribution is -2.43. The molecule has 0 aliphatic heterocycles. The van der Waals surface area contributed by atoms with Gasteiger partial charge in [-0.15, -0.1) is 0 Å². The highest BCUT2D eigenvalue weighted by Crippen LogP contribution is 2.24. The van der Waals surface area contributed by atoms with Crippen LogP contribution in [0.15, 0.2) is 72.8 Å². The van der Waals surface area contributed by atoms with Gasteiger partial charge in [-0.1, -0.05) is 41.9 Å². The Morgan fingerprint density at radius 2 is 1.54 bits per heavy atom. The third-order valence-electron chi connectivity index (χ3n) is 4.49. The number of halogens is 1. The zero-order chi connectivity index (χ0) is 25.4. The molecular formula is C23H17ClN4O7. The molecule has 0 saturated heterocycles. The van der Waals surface area contributed by atoms with Crippen molar-refractivity contribution in [3.63, 3.8) is 0 Å². The monoisotopic (exact) mass is 496 g/mol. The molecule has 3 aromatic rings. The van der Waals surface area contributed by atoms with Crippen LogP contribution in [0.3, 0.4) is 0 Å². The lowest BCUT2D eigenvalue weighted by molar-refractivity contribution is -0.384. The molecule has 0 bridgehead atoms. The molecule has 0 aliphatic rings. The van der Waals surface area contributed by atoms with E-state index in [0.29, 0.717) is 5.56 Å². The van der Waals surface area contributed by atoms with Crippen LogP contribution in [-0.4, -0.2) is 35.2 Å². The number of hydrogen-bond donors (Lipinski definition) is 3. The zero-order valence-corrected chi connectivity index (χ0v) is 18.6. The predicted octanol–water partition coefficient (Wildman–Crippen LogP) is 3.12. The minimum absolute atomic E-state index is 0.0472. The minimum Gasteiger partial charge on any atom is -0.452 e. The smallest absolute Gasteiger partial charge is 0.340 e. The molecule has 12 heteroatoms. The fourth-order valence-electron chi connectivity index (χ4n) is 2.79. The number of hydrazine groups is 1. The molecule has 0 aliphatic carbocycles. The Bertz CT molecular complexity index is 1300. The first kappa shape index (κ1) is 24.9. The molecule has 3 N–H and O–H groups in total. The van der Waals surface area contributed by atoms with Crippen molar-refractivity contribution < 1.29 is 28.8 Å². The molecule has 11 nitrogen and oxygen atoms in total. The number of esters is 1. The van der Waals surface area contributed by atoms with Crippen LogP contribution in [0.2, 0.25) is 5.02 Å². The van der Waals surface area contributed by atoms with E-state index in [0.717, 1.165) is 12.1 Å². The molecule has 35 heavy (non-hydrogen) atoms. The van der Waals surface area contributed by atoms with E-state index in [2.05, 4.69) is 16.2 Å². The van der Waals surface area contributed by atoms with Gasteiger partial charge in [-0.05, 0) is 30.3 Å². The number of amides is 3. The maximum Gasteiger partial charge on any atom is 0.340 e. The summed E-state index contributed by atoms with van der Waals surface area (Å²) in [5.41, 5.74) is 4.32. The van der Waals surface area contributed by atoms with Crippen molar-refractivity contribution >= 4 is 46.7 Å². The van der Waals surface area contributed by atoms with Gasteiger partial charge < -0.3 is 10.1 Å². The Morgan fingerprint density at radius 1 is 0.857 bits per heavy atom. The third-order valence-corrected chi connectivity index (χ3v) is 4.80. The summed E-state index contributed by atoms with van der Waals surface area (Å²) in [4.78, 5) is 59.2. The summed E-state index contributed by atoms with van der Waals surface area (Å²) in [6.45, 7) is -0.704. The summed E-state index contributed by atoms with van der Waals surface area (Å²) in [5, 5.41) is 13.2. The average Bonchev–Trinajstić information content (AvgIpc) is 2.86. The molecule has 0 heterocycles. The van der Waals surface area contributed by atoms with Crippen molar-refractivity contribution in [1.29, 1.82) is 0 Å². The van der Waals surface area contributed by atoms with E-state index in [4.69, 9.17) is 16.3 Å². The second-order valence-corrected chi connectivity index (χ2v) is 7.27. The first-order chi connectivity index (χ1) is 16.8. The number of ether oxygens (including phenoxy) is 1. The number of rotatable bonds is 7. The quantitative estimate of drug-likeness (QED) is 0.257. The van der Waals surface area contributed by atoms with Crippen LogP contribution in [0.25, 0.3) is 0 Å². The van der Waals surface area contributed by atoms with E-state index in [1.807, 2.05) is 0 Å². The molecule has 178 valence electrons. The lowest BCUT2D eigenvalue weighted by Gasteiger charge is -2.12. The molecule has 0 radical (unpaired) electrons. The number of benzene rings is 3. The van der Waals surface area contributed by atoms with Gasteiger partial charge in [0.05, 0.1) is 26.8 Å². The molecule has 0 fully saturated rings. The molecular weight excluding hydrogens is 480 g/mol. The van der Waals surface area contributed by atoms with Crippen molar-refractivity contribution in [3.8, 4) is 0 Å². The van der Waals surface area contributed by atoms with Crippen LogP contribution >= 0.6 is 11.6 Å². The van der Waals surface area contributed by atoms with E-state index in [9.17, 15) is 29.3 Å². The number of anilines is 1. The largest absolute Gasteiger partial charge is 0.452 e. The number of nitrogens with one attached hydrogen (secondary N) is 3. The second-order valence-electron chi connectivity index (χ2n) is 6.87. The van der Waals surface area contributed by atoms with E-state index < -0.39 is 35.2 Å². The Balaban J connectivity index is 1.59. The summed E-state index contributed by atoms with van der Waals surface area (Å²) in [6.07, 6.45) is 0. The van der Waals surface area contributed by atoms with E-state index >= 15 is 0 Å². The summed E-state index contributed by atoms with van der Waals surface area (Å²) < 4.78 is 4.97. The van der Waals surface area contributed by atoms with Crippen LogP contribution in [-0.2, 0) is 9.53 Å². The Labute approximate surface area is 203 Å². The molecule has 3 amide bonds. The number of nitro groups is 1. The van der Waals surface area contributed by atoms with Gasteiger partial charge in [0.25, 0.3) is 23.4 Å². The first-order valence-electron chi connectivity index (χ1n) is 9.92. The van der Waals surface area contributed by atoms with Crippen LogP contribution in [0.1, 0.15) is 31.1 Å². The third kappa shape index (κ3) is 6.62. The van der Waals surface area contributed by atoms with Crippen LogP contribution < -0.4 is 16.2 Å². The number of carbonyl (C=O) groups excluding carboxylic acids is 4. The van der Waals surface area contributed by atoms with Crippen molar-refractivity contribution in [3.05, 3.63) is 105 Å². The number of carbonyl (C=O) groups is 4. The Morgan fingerprint density at radius 3 is 2.23 bits per heavy atom. The summed E-state index contributed by atoms with van der Waals surface area (Å²) in [5.74, 6) is -2.98. The fourth-order valence-corrected chi connectivity index (χ4v) is 3.06. The Kier molecular flexibility index (Phi) is 8.09. The summed E-state index contributed by atoms with van der Waals surface area (Å²) >= 11 is 5.98. The van der Waals surface area contributed by atoms with Crippen LogP contribution in [0.5, 0.6) is 0 Å². The highest BCUT2D eigenvalue weighted by Gasteiger charge is 2.19. The van der Waals surface area contributed by atoms with Gasteiger partial charge >= 0.3 is 5.97 Å². The van der Waals surface area contributed by atoms with Crippen LogP contribution in [0, 0.1) is 10.1 Å². The van der Waals surface area contributed by atoms with Crippen molar-refractivity contribution in [2.75, 3.05) is 11.9 Å². The zero-order valence-electron chi connectivity index (χ0n) is 17.8. The van der Waals surface area contributed by atoms with Gasteiger partial charge in [0.15, 0.2) is 6.61 Å². The van der Waals surface area contributed by atoms with Gasteiger partial charge in [0, 0.05) is 17.7 Å². The number of para-hydroxylation sites is 1. The maximum atomic E-state index is 12.6. The molecule has 0 atom stereocenters. The average molecular weight is 497 g/mol. The van der Waals surface area contributed by atoms with Gasteiger partial charge in [0.2, 0.25) is 0 Å². The molecule has 3 aromatic carbocycles. The van der Waals surface area contributed by atoms with Crippen molar-refractivity contribution in [1.82, 2.24) is 10.9 Å². The number of non-ortho nitro benzene ring substituents is 1. The first-order valence-corrected chi connectivity index (χ1v) is 10.3. The summed E-state index contributed by atoms with van der Waals surface area (Å²) in [7, 11) is 0. The second kappa shape index (κ2) is 11.4. The van der Waals surface area contributed by atoms with E-state index in [-0.39, 0.29) is 27.5 Å². The van der Waals surface area contributed by atoms with E-state index in [1.54, 1.807) is 36.4 Å². The molecule has 0 unspecified atom stereocenters. The minimum atomic E-state index is -0.916. The fraction of sp³-hybridized carbons (Fsp3) is 0.0435. The topological polar surface area (TPSA) is 157 Å². The van der Waals surface area contributed by atoms with Gasteiger partial charge in [0.1, 0.15) is 0 Å². The van der Waals surface area contributed by atoms with Gasteiger partial charge in [-0.3, -0.25) is 35.3 Å². The van der Waals surface area contributed by atoms with Crippen molar-refractivity contribution in [2.45, 2.75) is 0 Å². The standard InChI is InChI=1S/C23H17ClN4O7/c24-18-12-15(28(33)34)10-11-16(18)22(31)25-19-9-5-4-8-17(19)23(32)35-13-20(29)26-27-21(30)14-6-2-1-3-7-14/h1-12H,13H2,(H,25,31)(H,26,29)(H,27,30). The number of nitrogens with zero attached hydrogens (tertiary/aromatic N) is 1. The highest BCUT2D eigenvalue weighted by molar-refractivity contribution is 6.34. The molecule has 0 aromatic heterocycles.